The molecule has 0 saturated heterocycles. The van der Waals surface area contributed by atoms with Gasteiger partial charge in [-0.15, -0.1) is 0 Å². The lowest BCUT2D eigenvalue weighted by atomic mass is 10.0. The normalized spacial score (nSPS) is 10.5. The molecule has 0 amide bonds. The molecule has 59 valence electrons. The quantitative estimate of drug-likeness (QED) is 0.615. The van der Waals surface area contributed by atoms with E-state index in [0.717, 1.165) is 5.56 Å². The average Bonchev–Trinajstić information content (AvgIpc) is 2.05. The van der Waals surface area contributed by atoms with Gasteiger partial charge >= 0.3 is 0 Å². The Labute approximate surface area is 68.2 Å². The van der Waals surface area contributed by atoms with Crippen LogP contribution in [0.3, 0.4) is 0 Å². The summed E-state index contributed by atoms with van der Waals surface area (Å²) in [5.41, 5.74) is 9.62. The van der Waals surface area contributed by atoms with E-state index in [9.17, 15) is 0 Å². The van der Waals surface area contributed by atoms with E-state index >= 15 is 0 Å². The van der Waals surface area contributed by atoms with Crippen LogP contribution < -0.4 is 5.73 Å². The van der Waals surface area contributed by atoms with Gasteiger partial charge in [0, 0.05) is 6.54 Å². The van der Waals surface area contributed by atoms with Crippen molar-refractivity contribution in [2.24, 2.45) is 0 Å². The topological polar surface area (TPSA) is 23.8 Å². The molecule has 1 aromatic rings. The van der Waals surface area contributed by atoms with E-state index in [1.165, 1.54) is 5.56 Å². The molecule has 1 aromatic carbocycles. The fraction of sp³-hybridized carbons (Fsp3) is 0.400. The van der Waals surface area contributed by atoms with Gasteiger partial charge in [0.1, 0.15) is 0 Å². The van der Waals surface area contributed by atoms with Gasteiger partial charge in [-0.1, -0.05) is 38.1 Å². The molecule has 0 spiro atoms. The molecule has 0 unspecified atom stereocenters. The highest BCUT2D eigenvalue weighted by atomic mass is 14.5. The van der Waals surface area contributed by atoms with E-state index in [-0.39, 0.29) is 0 Å². The van der Waals surface area contributed by atoms with E-state index in [1.54, 1.807) is 0 Å². The van der Waals surface area contributed by atoms with Crippen molar-refractivity contribution in [3.8, 4) is 0 Å². The molecule has 1 heteroatoms. The fourth-order valence-electron chi connectivity index (χ4n) is 1.06. The van der Waals surface area contributed by atoms with Gasteiger partial charge < -0.3 is 0 Å². The van der Waals surface area contributed by atoms with Crippen LogP contribution in [-0.2, 0) is 6.54 Å². The summed E-state index contributed by atoms with van der Waals surface area (Å²) < 4.78 is 0. The highest BCUT2D eigenvalue weighted by Crippen LogP contribution is 2.14. The lowest BCUT2D eigenvalue weighted by Crippen LogP contribution is -1.90. The third kappa shape index (κ3) is 2.05. The first-order chi connectivity index (χ1) is 5.24. The molecule has 1 rings (SSSR count). The molecule has 11 heavy (non-hydrogen) atoms. The number of hydrogen-bond donors (Lipinski definition) is 0. The Bertz CT molecular complexity index is 228. The fourth-order valence-corrected chi connectivity index (χ4v) is 1.06. The summed E-state index contributed by atoms with van der Waals surface area (Å²) in [6.07, 6.45) is 0. The van der Waals surface area contributed by atoms with Crippen molar-refractivity contribution >= 4 is 0 Å². The summed E-state index contributed by atoms with van der Waals surface area (Å²) in [6.45, 7) is 4.73. The number of benzene rings is 1. The zero-order valence-corrected chi connectivity index (χ0v) is 7.09. The third-order valence-corrected chi connectivity index (χ3v) is 1.82. The van der Waals surface area contributed by atoms with Crippen molar-refractivity contribution in [3.05, 3.63) is 35.4 Å². The Morgan fingerprint density at radius 1 is 1.36 bits per heavy atom. The summed E-state index contributed by atoms with van der Waals surface area (Å²) in [5.74, 6) is 0.571. The lowest BCUT2D eigenvalue weighted by molar-refractivity contribution is 0.860. The standard InChI is InChI=1S/C10H14N/c1-8(2)10-5-3-4-9(6-10)7-11/h3-6,8,11H,7H2,1-2H3. The summed E-state index contributed by atoms with van der Waals surface area (Å²) in [6, 6.07) is 8.25. The molecular formula is C10H14N. The number of hydrogen-bond acceptors (Lipinski definition) is 0. The van der Waals surface area contributed by atoms with Crippen molar-refractivity contribution in [1.82, 2.24) is 5.73 Å². The SMILES string of the molecule is CC(C)c1cccc(C[NH])c1. The van der Waals surface area contributed by atoms with Crippen molar-refractivity contribution < 1.29 is 0 Å². The molecule has 0 aromatic heterocycles. The molecule has 0 aliphatic heterocycles. The zero-order valence-electron chi connectivity index (χ0n) is 7.09. The second kappa shape index (κ2) is 3.54. The van der Waals surface area contributed by atoms with Crippen LogP contribution in [0.5, 0.6) is 0 Å². The summed E-state index contributed by atoms with van der Waals surface area (Å²) in [5, 5.41) is 0. The van der Waals surface area contributed by atoms with Gasteiger partial charge in [-0.2, -0.15) is 0 Å². The Balaban J connectivity index is 2.91. The van der Waals surface area contributed by atoms with Gasteiger partial charge in [-0.05, 0) is 17.0 Å². The second-order valence-electron chi connectivity index (χ2n) is 3.08. The monoisotopic (exact) mass is 148 g/mol. The second-order valence-corrected chi connectivity index (χ2v) is 3.08. The van der Waals surface area contributed by atoms with Crippen molar-refractivity contribution in [2.45, 2.75) is 26.3 Å². The summed E-state index contributed by atoms with van der Waals surface area (Å²) >= 11 is 0. The van der Waals surface area contributed by atoms with Crippen LogP contribution >= 0.6 is 0 Å². The smallest absolute Gasteiger partial charge is 0.0351 e. The minimum Gasteiger partial charge on any atom is -0.253 e. The van der Waals surface area contributed by atoms with Crippen molar-refractivity contribution in [2.75, 3.05) is 0 Å². The van der Waals surface area contributed by atoms with Crippen LogP contribution in [-0.4, -0.2) is 0 Å². The molecule has 1 N–H and O–H groups in total. The first kappa shape index (κ1) is 8.28. The average molecular weight is 148 g/mol. The maximum atomic E-state index is 7.18. The maximum Gasteiger partial charge on any atom is 0.0351 e. The Kier molecular flexibility index (Phi) is 2.66. The van der Waals surface area contributed by atoms with Crippen LogP contribution in [0.25, 0.3) is 0 Å². The molecule has 0 aliphatic rings. The predicted molar refractivity (Wildman–Crippen MR) is 47.3 cm³/mol. The molecule has 0 atom stereocenters. The van der Waals surface area contributed by atoms with Crippen molar-refractivity contribution in [3.63, 3.8) is 0 Å². The van der Waals surface area contributed by atoms with Crippen LogP contribution in [0.1, 0.15) is 30.9 Å². The first-order valence-corrected chi connectivity index (χ1v) is 3.97. The third-order valence-electron chi connectivity index (χ3n) is 1.82. The van der Waals surface area contributed by atoms with E-state index in [2.05, 4.69) is 26.0 Å². The van der Waals surface area contributed by atoms with Gasteiger partial charge in [0.15, 0.2) is 0 Å². The Hall–Kier alpha value is -0.820. The minimum absolute atomic E-state index is 0.389. The largest absolute Gasteiger partial charge is 0.253 e. The molecule has 1 radical (unpaired) electrons. The molecule has 1 nitrogen and oxygen atoms in total. The van der Waals surface area contributed by atoms with Crippen LogP contribution in [0.4, 0.5) is 0 Å². The van der Waals surface area contributed by atoms with Crippen LogP contribution in [0, 0.1) is 0 Å². The molecule has 0 aliphatic carbocycles. The molecule has 0 heterocycles. The summed E-state index contributed by atoms with van der Waals surface area (Å²) in [7, 11) is 0. The summed E-state index contributed by atoms with van der Waals surface area (Å²) in [4.78, 5) is 0. The van der Waals surface area contributed by atoms with E-state index < -0.39 is 0 Å². The number of rotatable bonds is 2. The van der Waals surface area contributed by atoms with Gasteiger partial charge in [-0.25, -0.2) is 0 Å². The Morgan fingerprint density at radius 2 is 2.09 bits per heavy atom. The lowest BCUT2D eigenvalue weighted by Gasteiger charge is -2.05. The zero-order chi connectivity index (χ0) is 8.27. The predicted octanol–water partition coefficient (Wildman–Crippen LogP) is 2.59. The van der Waals surface area contributed by atoms with Crippen LogP contribution in [0.2, 0.25) is 0 Å². The van der Waals surface area contributed by atoms with E-state index in [4.69, 9.17) is 5.73 Å². The van der Waals surface area contributed by atoms with Crippen LogP contribution in [0.15, 0.2) is 24.3 Å². The molecular weight excluding hydrogens is 134 g/mol. The highest BCUT2D eigenvalue weighted by molar-refractivity contribution is 5.25. The van der Waals surface area contributed by atoms with Crippen molar-refractivity contribution in [1.29, 1.82) is 0 Å². The van der Waals surface area contributed by atoms with E-state index in [1.807, 2.05) is 12.1 Å². The van der Waals surface area contributed by atoms with E-state index in [0.29, 0.717) is 12.5 Å². The van der Waals surface area contributed by atoms with Gasteiger partial charge in [-0.3, -0.25) is 5.73 Å². The highest BCUT2D eigenvalue weighted by Gasteiger charge is 1.98. The van der Waals surface area contributed by atoms with Gasteiger partial charge in [0.05, 0.1) is 0 Å². The van der Waals surface area contributed by atoms with Gasteiger partial charge in [0.25, 0.3) is 0 Å². The molecule has 0 bridgehead atoms. The molecule has 0 saturated carbocycles. The minimum atomic E-state index is 0.389. The first-order valence-electron chi connectivity index (χ1n) is 3.97. The maximum absolute atomic E-state index is 7.18. The van der Waals surface area contributed by atoms with Gasteiger partial charge in [0.2, 0.25) is 0 Å². The molecule has 0 fully saturated rings. The number of nitrogens with one attached hydrogen (secondary N) is 1. The Morgan fingerprint density at radius 3 is 2.64 bits per heavy atom.